The molecule has 0 saturated carbocycles. The van der Waals surface area contributed by atoms with Gasteiger partial charge in [-0.2, -0.15) is 0 Å². The fraction of sp³-hybridized carbons (Fsp3) is 0.429. The average Bonchev–Trinajstić information content (AvgIpc) is 2.87. The summed E-state index contributed by atoms with van der Waals surface area (Å²) >= 11 is 0. The van der Waals surface area contributed by atoms with E-state index in [1.54, 1.807) is 6.20 Å². The van der Waals surface area contributed by atoms with Gasteiger partial charge in [-0.3, -0.25) is 14.7 Å². The summed E-state index contributed by atoms with van der Waals surface area (Å²) in [7, 11) is 1.89. The zero-order chi connectivity index (χ0) is 18.6. The number of hydrogen-bond acceptors (Lipinski definition) is 5. The maximum atomic E-state index is 12.5. The summed E-state index contributed by atoms with van der Waals surface area (Å²) in [4.78, 5) is 21.0. The molecule has 0 aliphatic carbocycles. The third kappa shape index (κ3) is 4.28. The Balaban J connectivity index is 1.36. The molecule has 6 heteroatoms. The van der Waals surface area contributed by atoms with Gasteiger partial charge in [-0.15, -0.1) is 0 Å². The zero-order valence-electron chi connectivity index (χ0n) is 15.6. The quantitative estimate of drug-likeness (QED) is 0.809. The first-order chi connectivity index (χ1) is 13.2. The summed E-state index contributed by atoms with van der Waals surface area (Å²) < 4.78 is 11.5. The molecule has 27 heavy (non-hydrogen) atoms. The van der Waals surface area contributed by atoms with Gasteiger partial charge in [-0.05, 0) is 29.8 Å². The van der Waals surface area contributed by atoms with E-state index >= 15 is 0 Å². The molecule has 0 unspecified atom stereocenters. The number of amides is 1. The molecule has 0 radical (unpaired) electrons. The number of likely N-dealkylation sites (N-methyl/N-ethyl adjacent to an activating group) is 1. The molecule has 6 nitrogen and oxygen atoms in total. The summed E-state index contributed by atoms with van der Waals surface area (Å²) in [6, 6.07) is 14.1. The number of aromatic nitrogens is 1. The van der Waals surface area contributed by atoms with Gasteiger partial charge in [0.1, 0.15) is 12.4 Å². The number of carbonyl (C=O) groups excluding carboxylic acids is 1. The van der Waals surface area contributed by atoms with Crippen LogP contribution in [0.4, 0.5) is 0 Å². The van der Waals surface area contributed by atoms with E-state index in [0.29, 0.717) is 19.8 Å². The molecular formula is C21H25N3O3. The molecule has 0 spiro atoms. The Morgan fingerprint density at radius 2 is 2.00 bits per heavy atom. The maximum Gasteiger partial charge on any atom is 0.229 e. The van der Waals surface area contributed by atoms with Gasteiger partial charge in [0.15, 0.2) is 0 Å². The number of carbonyl (C=O) groups is 1. The van der Waals surface area contributed by atoms with Crippen molar-refractivity contribution in [1.29, 1.82) is 0 Å². The Labute approximate surface area is 159 Å². The van der Waals surface area contributed by atoms with E-state index in [4.69, 9.17) is 9.47 Å². The van der Waals surface area contributed by atoms with E-state index in [0.717, 1.165) is 31.1 Å². The van der Waals surface area contributed by atoms with E-state index in [9.17, 15) is 4.79 Å². The number of hydrogen-bond donors (Lipinski definition) is 0. The number of fused-ring (bicyclic) bond motifs is 3. The van der Waals surface area contributed by atoms with Gasteiger partial charge in [0, 0.05) is 32.9 Å². The van der Waals surface area contributed by atoms with Gasteiger partial charge < -0.3 is 14.4 Å². The van der Waals surface area contributed by atoms with Crippen LogP contribution in [0.2, 0.25) is 0 Å². The molecule has 1 aromatic heterocycles. The van der Waals surface area contributed by atoms with Crippen molar-refractivity contribution in [3.63, 3.8) is 0 Å². The van der Waals surface area contributed by atoms with Crippen molar-refractivity contribution in [2.75, 3.05) is 33.4 Å². The minimum Gasteiger partial charge on any atom is -0.487 e. The monoisotopic (exact) mass is 367 g/mol. The molecule has 2 saturated heterocycles. The molecule has 2 aromatic rings. The molecule has 1 amide bonds. The molecule has 142 valence electrons. The molecule has 1 aromatic carbocycles. The normalized spacial score (nSPS) is 23.1. The molecule has 0 N–H and O–H groups in total. The first-order valence-electron chi connectivity index (χ1n) is 9.37. The Morgan fingerprint density at radius 3 is 2.78 bits per heavy atom. The third-order valence-electron chi connectivity index (χ3n) is 5.26. The van der Waals surface area contributed by atoms with E-state index in [1.807, 2.05) is 42.3 Å². The molecule has 3 heterocycles. The first kappa shape index (κ1) is 17.9. The molecule has 2 bridgehead atoms. The second-order valence-electron chi connectivity index (χ2n) is 7.29. The zero-order valence-corrected chi connectivity index (χ0v) is 15.6. The SMILES string of the molecule is CN1C(=O)[C@H]2COC[C@@H]1CN(Cc1ccc(OCc3ccccn3)cc1)C2. The highest BCUT2D eigenvalue weighted by atomic mass is 16.5. The van der Waals surface area contributed by atoms with Gasteiger partial charge in [0.25, 0.3) is 0 Å². The fourth-order valence-electron chi connectivity index (χ4n) is 3.71. The lowest BCUT2D eigenvalue weighted by molar-refractivity contribution is -0.133. The van der Waals surface area contributed by atoms with E-state index in [-0.39, 0.29) is 17.9 Å². The lowest BCUT2D eigenvalue weighted by Gasteiger charge is -2.29. The summed E-state index contributed by atoms with van der Waals surface area (Å²) in [5.41, 5.74) is 2.13. The number of nitrogens with zero attached hydrogens (tertiary/aromatic N) is 3. The summed E-state index contributed by atoms with van der Waals surface area (Å²) in [5, 5.41) is 0. The standard InChI is InChI=1S/C21H25N3O3/c1-23-19-12-24(11-17(21(23)25)13-26-15-19)10-16-5-7-20(8-6-16)27-14-18-4-2-3-9-22-18/h2-9,17,19H,10-15H2,1H3/t17-,19+/m1/s1. The molecule has 2 atom stereocenters. The molecule has 2 aliphatic heterocycles. The predicted octanol–water partition coefficient (Wildman–Crippen LogP) is 1.95. The number of ether oxygens (including phenoxy) is 2. The summed E-state index contributed by atoms with van der Waals surface area (Å²) in [6.45, 7) is 4.03. The van der Waals surface area contributed by atoms with Crippen LogP contribution in [-0.4, -0.2) is 60.1 Å². The molecule has 4 rings (SSSR count). The highest BCUT2D eigenvalue weighted by Gasteiger charge is 2.37. The fourth-order valence-corrected chi connectivity index (χ4v) is 3.71. The van der Waals surface area contributed by atoms with Gasteiger partial charge in [-0.25, -0.2) is 0 Å². The van der Waals surface area contributed by atoms with Crippen molar-refractivity contribution >= 4 is 5.91 Å². The number of pyridine rings is 1. The van der Waals surface area contributed by atoms with Crippen LogP contribution in [0.5, 0.6) is 5.75 Å². The van der Waals surface area contributed by atoms with E-state index in [1.165, 1.54) is 5.56 Å². The van der Waals surface area contributed by atoms with Gasteiger partial charge in [-0.1, -0.05) is 18.2 Å². The van der Waals surface area contributed by atoms with Crippen molar-refractivity contribution in [3.05, 3.63) is 59.9 Å². The van der Waals surface area contributed by atoms with Crippen molar-refractivity contribution in [2.45, 2.75) is 19.2 Å². The van der Waals surface area contributed by atoms with Crippen LogP contribution in [0.25, 0.3) is 0 Å². The van der Waals surface area contributed by atoms with Crippen LogP contribution in [0.15, 0.2) is 48.7 Å². The highest BCUT2D eigenvalue weighted by molar-refractivity contribution is 5.79. The number of benzene rings is 1. The minimum atomic E-state index is -0.0662. The molecule has 2 aliphatic rings. The second-order valence-corrected chi connectivity index (χ2v) is 7.29. The van der Waals surface area contributed by atoms with Crippen LogP contribution in [0, 0.1) is 5.92 Å². The Morgan fingerprint density at radius 1 is 1.15 bits per heavy atom. The Bertz CT molecular complexity index is 766. The Kier molecular flexibility index (Phi) is 5.36. The van der Waals surface area contributed by atoms with Crippen LogP contribution in [0.3, 0.4) is 0 Å². The second kappa shape index (κ2) is 8.06. The van der Waals surface area contributed by atoms with Gasteiger partial charge in [0.05, 0.1) is 30.9 Å². The van der Waals surface area contributed by atoms with Crippen LogP contribution >= 0.6 is 0 Å². The van der Waals surface area contributed by atoms with Crippen molar-refractivity contribution in [1.82, 2.24) is 14.8 Å². The smallest absolute Gasteiger partial charge is 0.229 e. The summed E-state index contributed by atoms with van der Waals surface area (Å²) in [6.07, 6.45) is 1.77. The lowest BCUT2D eigenvalue weighted by atomic mass is 10.1. The highest BCUT2D eigenvalue weighted by Crippen LogP contribution is 2.22. The van der Waals surface area contributed by atoms with Crippen molar-refractivity contribution in [2.24, 2.45) is 5.92 Å². The molecule has 2 fully saturated rings. The maximum absolute atomic E-state index is 12.5. The van der Waals surface area contributed by atoms with Crippen LogP contribution < -0.4 is 4.74 Å². The number of rotatable bonds is 5. The van der Waals surface area contributed by atoms with E-state index in [2.05, 4.69) is 22.0 Å². The minimum absolute atomic E-state index is 0.0662. The first-order valence-corrected chi connectivity index (χ1v) is 9.37. The van der Waals surface area contributed by atoms with Crippen LogP contribution in [0.1, 0.15) is 11.3 Å². The van der Waals surface area contributed by atoms with Gasteiger partial charge in [0.2, 0.25) is 5.91 Å². The summed E-state index contributed by atoms with van der Waals surface area (Å²) in [5.74, 6) is 0.974. The topological polar surface area (TPSA) is 54.9 Å². The van der Waals surface area contributed by atoms with Crippen molar-refractivity contribution in [3.8, 4) is 5.75 Å². The van der Waals surface area contributed by atoms with E-state index < -0.39 is 0 Å². The molecular weight excluding hydrogens is 342 g/mol. The van der Waals surface area contributed by atoms with Crippen molar-refractivity contribution < 1.29 is 14.3 Å². The average molecular weight is 367 g/mol. The van der Waals surface area contributed by atoms with Crippen LogP contribution in [-0.2, 0) is 22.7 Å². The largest absolute Gasteiger partial charge is 0.487 e. The lowest BCUT2D eigenvalue weighted by Crippen LogP contribution is -2.42. The van der Waals surface area contributed by atoms with Gasteiger partial charge >= 0.3 is 0 Å². The third-order valence-corrected chi connectivity index (χ3v) is 5.26. The predicted molar refractivity (Wildman–Crippen MR) is 101 cm³/mol. The Hall–Kier alpha value is -2.44.